The van der Waals surface area contributed by atoms with E-state index in [9.17, 15) is 5.11 Å². The van der Waals surface area contributed by atoms with Crippen LogP contribution in [0.25, 0.3) is 0 Å². The van der Waals surface area contributed by atoms with Crippen LogP contribution in [0.15, 0.2) is 24.3 Å². The molecule has 0 unspecified atom stereocenters. The van der Waals surface area contributed by atoms with Gasteiger partial charge in [-0.05, 0) is 45.4 Å². The second-order valence-electron chi connectivity index (χ2n) is 4.65. The number of hydrogen-bond donors (Lipinski definition) is 1. The summed E-state index contributed by atoms with van der Waals surface area (Å²) in [7, 11) is 0. The molecule has 0 aromatic carbocycles. The second-order valence-corrected chi connectivity index (χ2v) is 4.65. The molecule has 0 atom stereocenters. The Labute approximate surface area is 81.2 Å². The van der Waals surface area contributed by atoms with E-state index in [-0.39, 0.29) is 0 Å². The Kier molecular flexibility index (Phi) is 2.97. The van der Waals surface area contributed by atoms with Gasteiger partial charge in [-0.1, -0.05) is 11.1 Å². The molecule has 0 spiro atoms. The first-order valence-corrected chi connectivity index (χ1v) is 4.95. The van der Waals surface area contributed by atoms with E-state index < -0.39 is 5.60 Å². The van der Waals surface area contributed by atoms with Crippen molar-refractivity contribution < 1.29 is 5.11 Å². The third kappa shape index (κ3) is 3.00. The fourth-order valence-electron chi connectivity index (χ4n) is 2.02. The van der Waals surface area contributed by atoms with Crippen molar-refractivity contribution in [2.24, 2.45) is 5.92 Å². The van der Waals surface area contributed by atoms with Gasteiger partial charge in [-0.2, -0.15) is 0 Å². The summed E-state index contributed by atoms with van der Waals surface area (Å²) in [5.41, 5.74) is 1.59. The molecule has 1 fully saturated rings. The summed E-state index contributed by atoms with van der Waals surface area (Å²) < 4.78 is 0. The Hall–Kier alpha value is -0.560. The van der Waals surface area contributed by atoms with Gasteiger partial charge in [0.25, 0.3) is 0 Å². The second kappa shape index (κ2) is 3.67. The van der Waals surface area contributed by atoms with E-state index in [4.69, 9.17) is 0 Å². The zero-order chi connectivity index (χ0) is 10.1. The van der Waals surface area contributed by atoms with Crippen molar-refractivity contribution in [2.45, 2.75) is 45.1 Å². The van der Waals surface area contributed by atoms with Crippen molar-refractivity contribution >= 4 is 0 Å². The number of hydrogen-bond acceptors (Lipinski definition) is 1. The van der Waals surface area contributed by atoms with Gasteiger partial charge in [0.15, 0.2) is 0 Å². The van der Waals surface area contributed by atoms with Crippen molar-refractivity contribution in [1.82, 2.24) is 0 Å². The smallest absolute Gasteiger partial charge is 0.0749 e. The van der Waals surface area contributed by atoms with Gasteiger partial charge in [0.2, 0.25) is 0 Å². The van der Waals surface area contributed by atoms with E-state index in [0.29, 0.717) is 5.92 Å². The van der Waals surface area contributed by atoms with Crippen LogP contribution in [0.4, 0.5) is 0 Å². The first-order valence-electron chi connectivity index (χ1n) is 4.95. The minimum absolute atomic E-state index is 0.487. The quantitative estimate of drug-likeness (QED) is 0.645. The van der Waals surface area contributed by atoms with Crippen LogP contribution in [0.5, 0.6) is 0 Å². The maximum absolute atomic E-state index is 10.4. The lowest BCUT2D eigenvalue weighted by atomic mass is 9.85. The zero-order valence-corrected chi connectivity index (χ0v) is 8.77. The topological polar surface area (TPSA) is 20.2 Å². The van der Waals surface area contributed by atoms with Crippen LogP contribution in [0, 0.1) is 5.92 Å². The SMILES string of the molecule is C=C(C)CC(O)(CC(=C)C)C1CC1. The molecule has 13 heavy (non-hydrogen) atoms. The summed E-state index contributed by atoms with van der Waals surface area (Å²) in [5.74, 6) is 0.487. The zero-order valence-electron chi connectivity index (χ0n) is 8.77. The molecular formula is C12H20O. The van der Waals surface area contributed by atoms with E-state index in [0.717, 1.165) is 36.8 Å². The van der Waals surface area contributed by atoms with Crippen LogP contribution in [0.2, 0.25) is 0 Å². The van der Waals surface area contributed by atoms with E-state index in [2.05, 4.69) is 13.2 Å². The molecule has 0 saturated heterocycles. The molecule has 1 nitrogen and oxygen atoms in total. The van der Waals surface area contributed by atoms with Gasteiger partial charge in [-0.15, -0.1) is 13.2 Å². The molecule has 0 aromatic heterocycles. The molecule has 74 valence electrons. The van der Waals surface area contributed by atoms with Crippen LogP contribution in [-0.2, 0) is 0 Å². The third-order valence-corrected chi connectivity index (χ3v) is 2.55. The Morgan fingerprint density at radius 2 is 1.62 bits per heavy atom. The maximum atomic E-state index is 10.4. The largest absolute Gasteiger partial charge is 0.389 e. The van der Waals surface area contributed by atoms with Crippen molar-refractivity contribution in [3.8, 4) is 0 Å². The van der Waals surface area contributed by atoms with E-state index in [1.165, 1.54) is 0 Å². The molecular weight excluding hydrogens is 160 g/mol. The average molecular weight is 180 g/mol. The predicted molar refractivity (Wildman–Crippen MR) is 56.5 cm³/mol. The summed E-state index contributed by atoms with van der Waals surface area (Å²) in [6.45, 7) is 11.7. The molecule has 1 rings (SSSR count). The van der Waals surface area contributed by atoms with Crippen LogP contribution in [0.1, 0.15) is 39.5 Å². The molecule has 1 aliphatic rings. The number of aliphatic hydroxyl groups is 1. The molecule has 0 amide bonds. The van der Waals surface area contributed by atoms with Crippen molar-refractivity contribution in [3.05, 3.63) is 24.3 Å². The first-order chi connectivity index (χ1) is 5.94. The van der Waals surface area contributed by atoms with Crippen molar-refractivity contribution in [1.29, 1.82) is 0 Å². The summed E-state index contributed by atoms with van der Waals surface area (Å²) >= 11 is 0. The van der Waals surface area contributed by atoms with Crippen molar-refractivity contribution in [3.63, 3.8) is 0 Å². The third-order valence-electron chi connectivity index (χ3n) is 2.55. The molecule has 1 heteroatoms. The molecule has 0 bridgehead atoms. The van der Waals surface area contributed by atoms with Gasteiger partial charge in [0.05, 0.1) is 5.60 Å². The fourth-order valence-corrected chi connectivity index (χ4v) is 2.02. The highest BCUT2D eigenvalue weighted by atomic mass is 16.3. The number of rotatable bonds is 5. The Balaban J connectivity index is 2.61. The van der Waals surface area contributed by atoms with Crippen molar-refractivity contribution in [2.75, 3.05) is 0 Å². The summed E-state index contributed by atoms with van der Waals surface area (Å²) in [4.78, 5) is 0. The Morgan fingerprint density at radius 3 is 1.85 bits per heavy atom. The van der Waals surface area contributed by atoms with Crippen LogP contribution in [-0.4, -0.2) is 10.7 Å². The highest BCUT2D eigenvalue weighted by Crippen LogP contribution is 2.45. The molecule has 1 N–H and O–H groups in total. The van der Waals surface area contributed by atoms with Crippen LogP contribution < -0.4 is 0 Å². The fraction of sp³-hybridized carbons (Fsp3) is 0.667. The normalized spacial score (nSPS) is 17.2. The highest BCUT2D eigenvalue weighted by molar-refractivity contribution is 5.09. The molecule has 0 heterocycles. The van der Waals surface area contributed by atoms with E-state index in [1.807, 2.05) is 13.8 Å². The summed E-state index contributed by atoms with van der Waals surface area (Å²) in [5, 5.41) is 10.4. The molecule has 0 aliphatic heterocycles. The Morgan fingerprint density at radius 1 is 1.23 bits per heavy atom. The highest BCUT2D eigenvalue weighted by Gasteiger charge is 2.43. The van der Waals surface area contributed by atoms with Gasteiger partial charge in [-0.3, -0.25) is 0 Å². The van der Waals surface area contributed by atoms with Crippen LogP contribution in [0.3, 0.4) is 0 Å². The van der Waals surface area contributed by atoms with E-state index in [1.54, 1.807) is 0 Å². The lowest BCUT2D eigenvalue weighted by molar-refractivity contribution is 0.0184. The summed E-state index contributed by atoms with van der Waals surface area (Å²) in [6, 6.07) is 0. The van der Waals surface area contributed by atoms with Gasteiger partial charge in [0.1, 0.15) is 0 Å². The molecule has 0 radical (unpaired) electrons. The van der Waals surface area contributed by atoms with Gasteiger partial charge in [0, 0.05) is 0 Å². The summed E-state index contributed by atoms with van der Waals surface area (Å²) in [6.07, 6.45) is 3.78. The monoisotopic (exact) mass is 180 g/mol. The Bertz CT molecular complexity index is 207. The lowest BCUT2D eigenvalue weighted by Gasteiger charge is -2.28. The molecule has 1 saturated carbocycles. The van der Waals surface area contributed by atoms with Crippen LogP contribution >= 0.6 is 0 Å². The van der Waals surface area contributed by atoms with Gasteiger partial charge in [-0.25, -0.2) is 0 Å². The molecule has 0 aromatic rings. The minimum Gasteiger partial charge on any atom is -0.389 e. The maximum Gasteiger partial charge on any atom is 0.0749 e. The first kappa shape index (κ1) is 10.5. The average Bonchev–Trinajstić information content (AvgIpc) is 2.60. The van der Waals surface area contributed by atoms with Gasteiger partial charge < -0.3 is 5.11 Å². The van der Waals surface area contributed by atoms with E-state index >= 15 is 0 Å². The molecule has 1 aliphatic carbocycles. The standard InChI is InChI=1S/C12H20O/c1-9(2)7-12(13,8-10(3)4)11-5-6-11/h11,13H,1,3,5-8H2,2,4H3. The lowest BCUT2D eigenvalue weighted by Crippen LogP contribution is -2.31. The van der Waals surface area contributed by atoms with Gasteiger partial charge >= 0.3 is 0 Å². The predicted octanol–water partition coefficient (Wildman–Crippen LogP) is 3.06. The minimum atomic E-state index is -0.544.